The van der Waals surface area contributed by atoms with Crippen LogP contribution in [0.2, 0.25) is 0 Å². The van der Waals surface area contributed by atoms with Crippen molar-refractivity contribution in [1.29, 1.82) is 0 Å². The predicted molar refractivity (Wildman–Crippen MR) is 43.9 cm³/mol. The quantitative estimate of drug-likeness (QED) is 0.515. The molecule has 5 heteroatoms. The van der Waals surface area contributed by atoms with Gasteiger partial charge in [-0.2, -0.15) is 5.26 Å². The number of carbonyl (C=O) groups is 2. The molecule has 0 aliphatic carbocycles. The second-order valence-corrected chi connectivity index (χ2v) is 3.92. The number of aliphatic carboxylic acids is 1. The van der Waals surface area contributed by atoms with Gasteiger partial charge < -0.3 is 9.99 Å². The highest BCUT2D eigenvalue weighted by atomic mass is 17.1. The summed E-state index contributed by atoms with van der Waals surface area (Å²) in [7, 11) is 0. The van der Waals surface area contributed by atoms with E-state index in [1.165, 1.54) is 0 Å². The third-order valence-electron chi connectivity index (χ3n) is 1.82. The minimum absolute atomic E-state index is 0.324. The third kappa shape index (κ3) is 3.89. The van der Waals surface area contributed by atoms with Gasteiger partial charge in [0.25, 0.3) is 0 Å². The first-order chi connectivity index (χ1) is 5.79. The molecule has 13 heavy (non-hydrogen) atoms. The van der Waals surface area contributed by atoms with Crippen LogP contribution in [0.25, 0.3) is 0 Å². The summed E-state index contributed by atoms with van der Waals surface area (Å²) in [5.41, 5.74) is -0.542. The SMILES string of the molecule is CC(C)(C)C(CC(=O)OO)C(=O)O. The van der Waals surface area contributed by atoms with Crippen LogP contribution < -0.4 is 0 Å². The summed E-state index contributed by atoms with van der Waals surface area (Å²) in [6.45, 7) is 5.11. The van der Waals surface area contributed by atoms with E-state index in [1.54, 1.807) is 20.8 Å². The van der Waals surface area contributed by atoms with Gasteiger partial charge in [0.1, 0.15) is 0 Å². The van der Waals surface area contributed by atoms with E-state index in [2.05, 4.69) is 4.89 Å². The van der Waals surface area contributed by atoms with Gasteiger partial charge in [-0.15, -0.1) is 0 Å². The third-order valence-corrected chi connectivity index (χ3v) is 1.82. The van der Waals surface area contributed by atoms with Crippen molar-refractivity contribution in [2.24, 2.45) is 11.3 Å². The van der Waals surface area contributed by atoms with Crippen LogP contribution in [0.4, 0.5) is 0 Å². The number of carbonyl (C=O) groups excluding carboxylic acids is 1. The Bertz CT molecular complexity index is 203. The Hall–Kier alpha value is -1.10. The lowest BCUT2D eigenvalue weighted by Crippen LogP contribution is -2.30. The lowest BCUT2D eigenvalue weighted by atomic mass is 9.79. The van der Waals surface area contributed by atoms with Crippen LogP contribution in [-0.2, 0) is 14.5 Å². The lowest BCUT2D eigenvalue weighted by molar-refractivity contribution is -0.236. The monoisotopic (exact) mass is 190 g/mol. The molecule has 1 unspecified atom stereocenters. The molecule has 0 aromatic heterocycles. The molecule has 0 heterocycles. The molecular formula is C8H14O5. The molecule has 0 amide bonds. The minimum atomic E-state index is -1.07. The number of hydrogen-bond acceptors (Lipinski definition) is 4. The van der Waals surface area contributed by atoms with Gasteiger partial charge in [-0.05, 0) is 5.41 Å². The van der Waals surface area contributed by atoms with E-state index in [0.717, 1.165) is 0 Å². The van der Waals surface area contributed by atoms with Crippen LogP contribution in [0, 0.1) is 11.3 Å². The number of carboxylic acids is 1. The summed E-state index contributed by atoms with van der Waals surface area (Å²) < 4.78 is 0. The van der Waals surface area contributed by atoms with E-state index in [-0.39, 0.29) is 6.42 Å². The molecular weight excluding hydrogens is 176 g/mol. The Morgan fingerprint density at radius 3 is 2.08 bits per heavy atom. The Balaban J connectivity index is 4.46. The number of rotatable bonds is 3. The summed E-state index contributed by atoms with van der Waals surface area (Å²) >= 11 is 0. The first-order valence-electron chi connectivity index (χ1n) is 3.86. The molecule has 0 aliphatic heterocycles. The molecule has 0 aromatic carbocycles. The largest absolute Gasteiger partial charge is 0.481 e. The van der Waals surface area contributed by atoms with Crippen molar-refractivity contribution in [3.05, 3.63) is 0 Å². The summed E-state index contributed by atoms with van der Waals surface area (Å²) in [5, 5.41) is 16.8. The van der Waals surface area contributed by atoms with E-state index in [1.807, 2.05) is 0 Å². The predicted octanol–water partition coefficient (Wildman–Crippen LogP) is 1.14. The Labute approximate surface area is 76.2 Å². The number of hydrogen-bond donors (Lipinski definition) is 2. The smallest absolute Gasteiger partial charge is 0.342 e. The molecule has 0 spiro atoms. The zero-order valence-electron chi connectivity index (χ0n) is 7.90. The van der Waals surface area contributed by atoms with Gasteiger partial charge in [-0.25, -0.2) is 4.79 Å². The van der Waals surface area contributed by atoms with E-state index in [4.69, 9.17) is 10.4 Å². The molecule has 76 valence electrons. The summed E-state index contributed by atoms with van der Waals surface area (Å²) in [6, 6.07) is 0. The van der Waals surface area contributed by atoms with Crippen molar-refractivity contribution < 1.29 is 24.8 Å². The fraction of sp³-hybridized carbons (Fsp3) is 0.750. The van der Waals surface area contributed by atoms with E-state index >= 15 is 0 Å². The molecule has 0 saturated heterocycles. The first kappa shape index (κ1) is 11.9. The van der Waals surface area contributed by atoms with Gasteiger partial charge in [0.15, 0.2) is 0 Å². The van der Waals surface area contributed by atoms with Gasteiger partial charge in [-0.1, -0.05) is 20.8 Å². The first-order valence-corrected chi connectivity index (χ1v) is 3.86. The fourth-order valence-corrected chi connectivity index (χ4v) is 0.968. The molecule has 1 atom stereocenters. The van der Waals surface area contributed by atoms with E-state index in [0.29, 0.717) is 0 Å². The van der Waals surface area contributed by atoms with Gasteiger partial charge in [0.2, 0.25) is 0 Å². The average molecular weight is 190 g/mol. The average Bonchev–Trinajstić information content (AvgIpc) is 1.96. The van der Waals surface area contributed by atoms with Gasteiger partial charge in [-0.3, -0.25) is 4.79 Å². The lowest BCUT2D eigenvalue weighted by Gasteiger charge is -2.25. The molecule has 0 radical (unpaired) electrons. The van der Waals surface area contributed by atoms with E-state index < -0.39 is 23.3 Å². The van der Waals surface area contributed by atoms with Crippen LogP contribution in [0.1, 0.15) is 27.2 Å². The maximum absolute atomic E-state index is 10.7. The molecule has 0 rings (SSSR count). The molecule has 0 saturated carbocycles. The van der Waals surface area contributed by atoms with E-state index in [9.17, 15) is 9.59 Å². The Morgan fingerprint density at radius 1 is 1.38 bits per heavy atom. The van der Waals surface area contributed by atoms with Crippen molar-refractivity contribution in [3.8, 4) is 0 Å². The van der Waals surface area contributed by atoms with Gasteiger partial charge in [0, 0.05) is 0 Å². The maximum atomic E-state index is 10.7. The maximum Gasteiger partial charge on any atom is 0.342 e. The molecule has 0 bridgehead atoms. The van der Waals surface area contributed by atoms with Crippen molar-refractivity contribution in [1.82, 2.24) is 0 Å². The zero-order chi connectivity index (χ0) is 10.6. The van der Waals surface area contributed by atoms with Gasteiger partial charge in [0.05, 0.1) is 12.3 Å². The fourth-order valence-electron chi connectivity index (χ4n) is 0.968. The molecule has 0 aromatic rings. The Kier molecular flexibility index (Phi) is 3.87. The summed E-state index contributed by atoms with van der Waals surface area (Å²) in [4.78, 5) is 24.8. The molecule has 2 N–H and O–H groups in total. The molecule has 0 fully saturated rings. The Morgan fingerprint density at radius 2 is 1.85 bits per heavy atom. The van der Waals surface area contributed by atoms with Gasteiger partial charge >= 0.3 is 11.9 Å². The summed E-state index contributed by atoms with van der Waals surface area (Å²) in [6.07, 6.45) is -0.324. The van der Waals surface area contributed by atoms with Crippen molar-refractivity contribution in [2.75, 3.05) is 0 Å². The summed E-state index contributed by atoms with van der Waals surface area (Å²) in [5.74, 6) is -2.85. The second kappa shape index (κ2) is 4.23. The highest BCUT2D eigenvalue weighted by Gasteiger charge is 2.33. The second-order valence-electron chi connectivity index (χ2n) is 3.92. The van der Waals surface area contributed by atoms with Crippen LogP contribution in [0.15, 0.2) is 0 Å². The normalized spacial score (nSPS) is 13.5. The van der Waals surface area contributed by atoms with Crippen LogP contribution in [-0.4, -0.2) is 22.3 Å². The zero-order valence-corrected chi connectivity index (χ0v) is 7.90. The molecule has 0 aliphatic rings. The number of carboxylic acid groups (broad SMARTS) is 1. The van der Waals surface area contributed by atoms with Crippen LogP contribution in [0.3, 0.4) is 0 Å². The highest BCUT2D eigenvalue weighted by molar-refractivity contribution is 5.79. The molecule has 5 nitrogen and oxygen atoms in total. The highest BCUT2D eigenvalue weighted by Crippen LogP contribution is 2.29. The van der Waals surface area contributed by atoms with Crippen LogP contribution in [0.5, 0.6) is 0 Å². The van der Waals surface area contributed by atoms with Crippen LogP contribution >= 0.6 is 0 Å². The van der Waals surface area contributed by atoms with Crippen molar-refractivity contribution >= 4 is 11.9 Å². The van der Waals surface area contributed by atoms with Crippen molar-refractivity contribution in [3.63, 3.8) is 0 Å². The topological polar surface area (TPSA) is 83.8 Å². The van der Waals surface area contributed by atoms with Crippen molar-refractivity contribution in [2.45, 2.75) is 27.2 Å². The minimum Gasteiger partial charge on any atom is -0.481 e. The standard InChI is InChI=1S/C8H14O5/c1-8(2,3)5(7(10)11)4-6(9)13-12/h5,12H,4H2,1-3H3,(H,10,11).